The molecule has 2 rings (SSSR count). The highest BCUT2D eigenvalue weighted by molar-refractivity contribution is 6.18. The molecule has 0 N–H and O–H groups in total. The van der Waals surface area contributed by atoms with Crippen molar-refractivity contribution in [2.24, 2.45) is 11.8 Å². The molecule has 2 aliphatic rings. The average Bonchev–Trinajstić information content (AvgIpc) is 2.69. The van der Waals surface area contributed by atoms with E-state index >= 15 is 0 Å². The van der Waals surface area contributed by atoms with E-state index in [4.69, 9.17) is 21.1 Å². The number of ether oxygens (including phenoxy) is 2. The molecule has 3 atom stereocenters. The Bertz CT molecular complexity index is 324. The van der Waals surface area contributed by atoms with Gasteiger partial charge in [-0.15, -0.1) is 11.6 Å². The number of fused-ring (bicyclic) bond motifs is 1. The molecule has 1 aliphatic carbocycles. The van der Waals surface area contributed by atoms with Crippen LogP contribution in [-0.2, 0) is 14.3 Å². The summed E-state index contributed by atoms with van der Waals surface area (Å²) in [6.45, 7) is 2.16. The molecule has 0 amide bonds. The van der Waals surface area contributed by atoms with Gasteiger partial charge in [-0.05, 0) is 25.2 Å². The number of carbonyl (C=O) groups is 1. The van der Waals surface area contributed by atoms with Crippen LogP contribution in [0.4, 0.5) is 0 Å². The maximum absolute atomic E-state index is 11.7. The topological polar surface area (TPSA) is 35.5 Å². The minimum Gasteiger partial charge on any atom is -0.493 e. The van der Waals surface area contributed by atoms with Gasteiger partial charge in [0.25, 0.3) is 0 Å². The lowest BCUT2D eigenvalue weighted by atomic mass is 9.81. The van der Waals surface area contributed by atoms with Gasteiger partial charge in [0.05, 0.1) is 18.6 Å². The summed E-state index contributed by atoms with van der Waals surface area (Å²) < 4.78 is 10.6. The van der Waals surface area contributed by atoms with E-state index < -0.39 is 0 Å². The maximum Gasteiger partial charge on any atom is 0.337 e. The summed E-state index contributed by atoms with van der Waals surface area (Å²) in [5, 5.41) is 0. The van der Waals surface area contributed by atoms with Crippen LogP contribution in [0, 0.1) is 11.8 Å². The highest BCUT2D eigenvalue weighted by atomic mass is 35.5. The molecule has 16 heavy (non-hydrogen) atoms. The Morgan fingerprint density at radius 1 is 1.56 bits per heavy atom. The first kappa shape index (κ1) is 11.8. The lowest BCUT2D eigenvalue weighted by Crippen LogP contribution is -2.20. The van der Waals surface area contributed by atoms with E-state index in [1.54, 1.807) is 0 Å². The number of halogens is 1. The number of methoxy groups -OCH3 is 1. The van der Waals surface area contributed by atoms with Crippen molar-refractivity contribution in [1.82, 2.24) is 0 Å². The van der Waals surface area contributed by atoms with Crippen LogP contribution in [0.25, 0.3) is 0 Å². The van der Waals surface area contributed by atoms with Crippen molar-refractivity contribution in [2.75, 3.05) is 13.0 Å². The van der Waals surface area contributed by atoms with Crippen LogP contribution in [0.1, 0.15) is 26.2 Å². The smallest absolute Gasteiger partial charge is 0.337 e. The molecule has 1 aliphatic heterocycles. The second-order valence-corrected chi connectivity index (χ2v) is 5.01. The van der Waals surface area contributed by atoms with Crippen molar-refractivity contribution >= 4 is 17.6 Å². The molecular formula is C12H17ClO3. The highest BCUT2D eigenvalue weighted by Crippen LogP contribution is 2.43. The molecular weight excluding hydrogens is 228 g/mol. The fraction of sp³-hybridized carbons (Fsp3) is 0.750. The molecule has 0 spiro atoms. The normalized spacial score (nSPS) is 33.3. The first-order valence-corrected chi connectivity index (χ1v) is 6.23. The number of carbonyl (C=O) groups excluding carboxylic acids is 1. The minimum absolute atomic E-state index is 0.0617. The monoisotopic (exact) mass is 244 g/mol. The molecule has 3 unspecified atom stereocenters. The zero-order valence-electron chi connectivity index (χ0n) is 9.66. The highest BCUT2D eigenvalue weighted by Gasteiger charge is 2.39. The van der Waals surface area contributed by atoms with Crippen molar-refractivity contribution < 1.29 is 14.3 Å². The fourth-order valence-corrected chi connectivity index (χ4v) is 2.88. The third kappa shape index (κ3) is 2.05. The molecule has 0 radical (unpaired) electrons. The number of alkyl halides is 1. The van der Waals surface area contributed by atoms with Crippen molar-refractivity contribution in [3.05, 3.63) is 11.3 Å². The second kappa shape index (κ2) is 4.66. The van der Waals surface area contributed by atoms with Crippen molar-refractivity contribution in [2.45, 2.75) is 32.3 Å². The quantitative estimate of drug-likeness (QED) is 0.553. The molecule has 4 heteroatoms. The molecule has 0 saturated carbocycles. The third-order valence-corrected chi connectivity index (χ3v) is 3.70. The van der Waals surface area contributed by atoms with Crippen LogP contribution in [0.15, 0.2) is 11.3 Å². The molecule has 0 aromatic carbocycles. The van der Waals surface area contributed by atoms with E-state index in [1.807, 2.05) is 0 Å². The van der Waals surface area contributed by atoms with Gasteiger partial charge in [0, 0.05) is 5.92 Å². The minimum atomic E-state index is -0.248. The number of hydrogen-bond acceptors (Lipinski definition) is 3. The summed E-state index contributed by atoms with van der Waals surface area (Å²) in [6.07, 6.45) is 2.84. The fourth-order valence-electron chi connectivity index (χ4n) is 2.69. The summed E-state index contributed by atoms with van der Waals surface area (Å²) in [5.41, 5.74) is 0.721. The van der Waals surface area contributed by atoms with Gasteiger partial charge in [-0.25, -0.2) is 4.79 Å². The predicted octanol–water partition coefficient (Wildman–Crippen LogP) is 2.49. The van der Waals surface area contributed by atoms with Gasteiger partial charge in [-0.3, -0.25) is 0 Å². The Balaban J connectivity index is 2.27. The Labute approximate surface area is 101 Å². The molecule has 1 fully saturated rings. The molecule has 90 valence electrons. The zero-order valence-corrected chi connectivity index (χ0v) is 10.4. The van der Waals surface area contributed by atoms with Crippen LogP contribution in [0.3, 0.4) is 0 Å². The summed E-state index contributed by atoms with van der Waals surface area (Å²) in [6, 6.07) is 0. The van der Waals surface area contributed by atoms with E-state index in [-0.39, 0.29) is 12.1 Å². The van der Waals surface area contributed by atoms with Crippen molar-refractivity contribution in [3.8, 4) is 0 Å². The van der Waals surface area contributed by atoms with Crippen molar-refractivity contribution in [1.29, 1.82) is 0 Å². The molecule has 0 bridgehead atoms. The van der Waals surface area contributed by atoms with E-state index in [0.717, 1.165) is 30.6 Å². The summed E-state index contributed by atoms with van der Waals surface area (Å²) in [5.74, 6) is 1.96. The Hall–Kier alpha value is -0.700. The lowest BCUT2D eigenvalue weighted by molar-refractivity contribution is -0.136. The second-order valence-electron chi connectivity index (χ2n) is 4.71. The molecule has 0 aromatic rings. The van der Waals surface area contributed by atoms with Crippen LogP contribution in [0.2, 0.25) is 0 Å². The number of hydrogen-bond donors (Lipinski definition) is 0. The van der Waals surface area contributed by atoms with Gasteiger partial charge in [0.15, 0.2) is 0 Å². The first-order valence-electron chi connectivity index (χ1n) is 5.69. The van der Waals surface area contributed by atoms with Gasteiger partial charge in [-0.1, -0.05) is 6.92 Å². The van der Waals surface area contributed by atoms with Crippen molar-refractivity contribution in [3.63, 3.8) is 0 Å². The largest absolute Gasteiger partial charge is 0.493 e. The average molecular weight is 245 g/mol. The lowest BCUT2D eigenvalue weighted by Gasteiger charge is -2.24. The molecule has 0 aromatic heterocycles. The molecule has 1 heterocycles. The number of esters is 1. The SMILES string of the molecule is COC(=O)C1=C2OC(CCl)CC2CC(C)C1. The summed E-state index contributed by atoms with van der Waals surface area (Å²) in [4.78, 5) is 11.7. The van der Waals surface area contributed by atoms with E-state index in [9.17, 15) is 4.79 Å². The Kier molecular flexibility index (Phi) is 3.43. The van der Waals surface area contributed by atoms with Gasteiger partial charge < -0.3 is 9.47 Å². The summed E-state index contributed by atoms with van der Waals surface area (Å²) >= 11 is 5.81. The predicted molar refractivity (Wildman–Crippen MR) is 61.1 cm³/mol. The number of rotatable bonds is 2. The third-order valence-electron chi connectivity index (χ3n) is 3.35. The van der Waals surface area contributed by atoms with Gasteiger partial charge >= 0.3 is 5.97 Å². The van der Waals surface area contributed by atoms with Gasteiger partial charge in [-0.2, -0.15) is 0 Å². The van der Waals surface area contributed by atoms with E-state index in [2.05, 4.69) is 6.92 Å². The molecule has 1 saturated heterocycles. The maximum atomic E-state index is 11.7. The van der Waals surface area contributed by atoms with Gasteiger partial charge in [0.1, 0.15) is 11.9 Å². The number of allylic oxidation sites excluding steroid dienone is 1. The van der Waals surface area contributed by atoms with Crippen LogP contribution in [-0.4, -0.2) is 25.1 Å². The first-order chi connectivity index (χ1) is 7.65. The van der Waals surface area contributed by atoms with Crippen LogP contribution < -0.4 is 0 Å². The van der Waals surface area contributed by atoms with Crippen LogP contribution in [0.5, 0.6) is 0 Å². The van der Waals surface area contributed by atoms with Crippen LogP contribution >= 0.6 is 11.6 Å². The Morgan fingerprint density at radius 2 is 2.31 bits per heavy atom. The molecule has 3 nitrogen and oxygen atoms in total. The van der Waals surface area contributed by atoms with Gasteiger partial charge in [0.2, 0.25) is 0 Å². The zero-order chi connectivity index (χ0) is 11.7. The standard InChI is InChI=1S/C12H17ClO3/c1-7-3-8-5-9(6-13)16-11(8)10(4-7)12(14)15-2/h7-9H,3-6H2,1-2H3. The Morgan fingerprint density at radius 3 is 2.94 bits per heavy atom. The van der Waals surface area contributed by atoms with E-state index in [0.29, 0.717) is 17.7 Å². The van der Waals surface area contributed by atoms with E-state index in [1.165, 1.54) is 7.11 Å². The summed E-state index contributed by atoms with van der Waals surface area (Å²) in [7, 11) is 1.41.